The fourth-order valence-corrected chi connectivity index (χ4v) is 3.10. The second-order valence-electron chi connectivity index (χ2n) is 5.96. The van der Waals surface area contributed by atoms with Crippen LogP contribution in [-0.2, 0) is 0 Å². The van der Waals surface area contributed by atoms with E-state index in [0.717, 1.165) is 24.6 Å². The Morgan fingerprint density at radius 2 is 2.05 bits per heavy atom. The van der Waals surface area contributed by atoms with Crippen LogP contribution >= 0.6 is 0 Å². The standard InChI is InChI=1S/C17H23N3/c1-11-6-7-15(12(2)9-11)16-13(3)19-17(20-16)14-5-4-8-18-10-14/h6-7,9,14,18H,4-5,8,10H2,1-3H3,(H,19,20). The summed E-state index contributed by atoms with van der Waals surface area (Å²) in [5, 5.41) is 3.46. The van der Waals surface area contributed by atoms with E-state index in [4.69, 9.17) is 4.98 Å². The van der Waals surface area contributed by atoms with Crippen LogP contribution in [0.1, 0.15) is 41.4 Å². The lowest BCUT2D eigenvalue weighted by molar-refractivity contribution is 0.448. The van der Waals surface area contributed by atoms with Crippen molar-refractivity contribution in [2.45, 2.75) is 39.5 Å². The first-order valence-corrected chi connectivity index (χ1v) is 7.50. The van der Waals surface area contributed by atoms with Gasteiger partial charge in [-0.2, -0.15) is 0 Å². The van der Waals surface area contributed by atoms with Gasteiger partial charge in [0.1, 0.15) is 5.82 Å². The number of nitrogens with zero attached hydrogens (tertiary/aromatic N) is 1. The minimum atomic E-state index is 0.530. The highest BCUT2D eigenvalue weighted by molar-refractivity contribution is 5.66. The number of piperidine rings is 1. The van der Waals surface area contributed by atoms with Crippen LogP contribution in [0.15, 0.2) is 18.2 Å². The zero-order valence-corrected chi connectivity index (χ0v) is 12.6. The minimum Gasteiger partial charge on any atom is -0.345 e. The lowest BCUT2D eigenvalue weighted by atomic mass is 9.99. The van der Waals surface area contributed by atoms with Gasteiger partial charge in [0.15, 0.2) is 0 Å². The van der Waals surface area contributed by atoms with E-state index in [-0.39, 0.29) is 0 Å². The number of rotatable bonds is 2. The molecule has 1 saturated heterocycles. The lowest BCUT2D eigenvalue weighted by Crippen LogP contribution is -2.28. The van der Waals surface area contributed by atoms with Gasteiger partial charge in [-0.05, 0) is 45.7 Å². The van der Waals surface area contributed by atoms with Gasteiger partial charge in [-0.25, -0.2) is 4.98 Å². The number of benzene rings is 1. The fourth-order valence-electron chi connectivity index (χ4n) is 3.10. The Bertz CT molecular complexity index is 607. The van der Waals surface area contributed by atoms with Gasteiger partial charge < -0.3 is 10.3 Å². The molecule has 0 radical (unpaired) electrons. The van der Waals surface area contributed by atoms with Crippen LogP contribution in [0.25, 0.3) is 11.3 Å². The zero-order valence-electron chi connectivity index (χ0n) is 12.6. The Balaban J connectivity index is 1.95. The Morgan fingerprint density at radius 3 is 2.75 bits per heavy atom. The molecule has 0 aliphatic carbocycles. The molecule has 1 aromatic heterocycles. The highest BCUT2D eigenvalue weighted by Crippen LogP contribution is 2.29. The van der Waals surface area contributed by atoms with Gasteiger partial charge >= 0.3 is 0 Å². The van der Waals surface area contributed by atoms with Gasteiger partial charge in [-0.15, -0.1) is 0 Å². The molecule has 2 N–H and O–H groups in total. The Hall–Kier alpha value is -1.61. The summed E-state index contributed by atoms with van der Waals surface area (Å²) in [6, 6.07) is 6.58. The van der Waals surface area contributed by atoms with E-state index in [2.05, 4.69) is 49.3 Å². The maximum absolute atomic E-state index is 4.90. The van der Waals surface area contributed by atoms with E-state index in [1.165, 1.54) is 35.2 Å². The molecule has 3 heteroatoms. The first kappa shape index (κ1) is 13.4. The molecule has 0 amide bonds. The molecule has 1 fully saturated rings. The van der Waals surface area contributed by atoms with E-state index in [0.29, 0.717) is 5.92 Å². The van der Waals surface area contributed by atoms with Crippen LogP contribution in [0.2, 0.25) is 0 Å². The van der Waals surface area contributed by atoms with Gasteiger partial charge in [-0.1, -0.05) is 23.8 Å². The molecule has 1 unspecified atom stereocenters. The lowest BCUT2D eigenvalue weighted by Gasteiger charge is -2.20. The molecule has 0 bridgehead atoms. The van der Waals surface area contributed by atoms with Crippen LogP contribution in [0, 0.1) is 20.8 Å². The van der Waals surface area contributed by atoms with E-state index in [1.54, 1.807) is 0 Å². The van der Waals surface area contributed by atoms with Gasteiger partial charge in [-0.3, -0.25) is 0 Å². The summed E-state index contributed by atoms with van der Waals surface area (Å²) in [6.07, 6.45) is 2.47. The molecule has 3 rings (SSSR count). The molecule has 1 atom stereocenters. The quantitative estimate of drug-likeness (QED) is 0.876. The molecule has 3 nitrogen and oxygen atoms in total. The summed E-state index contributed by atoms with van der Waals surface area (Å²) in [7, 11) is 0. The summed E-state index contributed by atoms with van der Waals surface area (Å²) in [6.45, 7) is 8.60. The third kappa shape index (κ3) is 2.50. The number of aromatic nitrogens is 2. The van der Waals surface area contributed by atoms with E-state index >= 15 is 0 Å². The van der Waals surface area contributed by atoms with Gasteiger partial charge in [0.25, 0.3) is 0 Å². The molecular weight excluding hydrogens is 246 g/mol. The van der Waals surface area contributed by atoms with Crippen LogP contribution in [0.3, 0.4) is 0 Å². The largest absolute Gasteiger partial charge is 0.345 e. The molecule has 1 aliphatic heterocycles. The van der Waals surface area contributed by atoms with Crippen molar-refractivity contribution in [1.29, 1.82) is 0 Å². The highest BCUT2D eigenvalue weighted by atomic mass is 15.0. The topological polar surface area (TPSA) is 40.7 Å². The summed E-state index contributed by atoms with van der Waals surface area (Å²) in [4.78, 5) is 8.40. The SMILES string of the molecule is Cc1ccc(-c2nc(C3CCCNC3)[nH]c2C)c(C)c1. The maximum atomic E-state index is 4.90. The van der Waals surface area contributed by atoms with Crippen molar-refractivity contribution in [2.75, 3.05) is 13.1 Å². The average molecular weight is 269 g/mol. The smallest absolute Gasteiger partial charge is 0.111 e. The van der Waals surface area contributed by atoms with Crippen molar-refractivity contribution >= 4 is 0 Å². The summed E-state index contributed by atoms with van der Waals surface area (Å²) >= 11 is 0. The van der Waals surface area contributed by atoms with Gasteiger partial charge in [0, 0.05) is 23.7 Å². The number of hydrogen-bond donors (Lipinski definition) is 2. The Morgan fingerprint density at radius 1 is 1.20 bits per heavy atom. The molecule has 2 heterocycles. The molecular formula is C17H23N3. The highest BCUT2D eigenvalue weighted by Gasteiger charge is 2.20. The molecule has 1 aromatic carbocycles. The van der Waals surface area contributed by atoms with Crippen molar-refractivity contribution in [3.8, 4) is 11.3 Å². The number of imidazole rings is 1. The van der Waals surface area contributed by atoms with E-state index in [1.807, 2.05) is 0 Å². The minimum absolute atomic E-state index is 0.530. The van der Waals surface area contributed by atoms with Crippen LogP contribution in [0.5, 0.6) is 0 Å². The van der Waals surface area contributed by atoms with Gasteiger partial charge in [0.05, 0.1) is 5.69 Å². The van der Waals surface area contributed by atoms with Crippen molar-refractivity contribution in [1.82, 2.24) is 15.3 Å². The fraction of sp³-hybridized carbons (Fsp3) is 0.471. The van der Waals surface area contributed by atoms with Crippen molar-refractivity contribution in [2.24, 2.45) is 0 Å². The third-order valence-corrected chi connectivity index (χ3v) is 4.22. The van der Waals surface area contributed by atoms with Crippen LogP contribution in [-0.4, -0.2) is 23.1 Å². The molecule has 0 saturated carbocycles. The predicted molar refractivity (Wildman–Crippen MR) is 83.1 cm³/mol. The Kier molecular flexibility index (Phi) is 3.62. The van der Waals surface area contributed by atoms with Crippen molar-refractivity contribution < 1.29 is 0 Å². The molecule has 0 spiro atoms. The summed E-state index contributed by atoms with van der Waals surface area (Å²) in [5.74, 6) is 1.67. The first-order chi connectivity index (χ1) is 9.65. The maximum Gasteiger partial charge on any atom is 0.111 e. The summed E-state index contributed by atoms with van der Waals surface area (Å²) < 4.78 is 0. The molecule has 20 heavy (non-hydrogen) atoms. The van der Waals surface area contributed by atoms with Crippen LogP contribution < -0.4 is 5.32 Å². The molecule has 106 valence electrons. The second-order valence-corrected chi connectivity index (χ2v) is 5.96. The van der Waals surface area contributed by atoms with Gasteiger partial charge in [0.2, 0.25) is 0 Å². The normalized spacial score (nSPS) is 19.2. The van der Waals surface area contributed by atoms with Crippen molar-refractivity contribution in [3.63, 3.8) is 0 Å². The molecule has 2 aromatic rings. The number of nitrogens with one attached hydrogen (secondary N) is 2. The number of aryl methyl sites for hydroxylation is 3. The number of aromatic amines is 1. The summed E-state index contributed by atoms with van der Waals surface area (Å²) in [5.41, 5.74) is 6.14. The second kappa shape index (κ2) is 5.41. The zero-order chi connectivity index (χ0) is 14.1. The average Bonchev–Trinajstić information content (AvgIpc) is 2.82. The van der Waals surface area contributed by atoms with E-state index < -0.39 is 0 Å². The predicted octanol–water partition coefficient (Wildman–Crippen LogP) is 3.47. The molecule has 1 aliphatic rings. The number of H-pyrrole nitrogens is 1. The third-order valence-electron chi connectivity index (χ3n) is 4.22. The van der Waals surface area contributed by atoms with E-state index in [9.17, 15) is 0 Å². The van der Waals surface area contributed by atoms with Crippen molar-refractivity contribution in [3.05, 3.63) is 40.8 Å². The Labute approximate surface area is 120 Å². The first-order valence-electron chi connectivity index (χ1n) is 7.50. The number of hydrogen-bond acceptors (Lipinski definition) is 2. The van der Waals surface area contributed by atoms with Crippen LogP contribution in [0.4, 0.5) is 0 Å². The monoisotopic (exact) mass is 269 g/mol.